The van der Waals surface area contributed by atoms with Crippen molar-refractivity contribution in [1.29, 1.82) is 5.41 Å². The number of nitrogens with zero attached hydrogens (tertiary/aromatic N) is 1. The number of hydrogen-bond donors (Lipinski definition) is 3. The summed E-state index contributed by atoms with van der Waals surface area (Å²) in [6.45, 7) is 3.20. The lowest BCUT2D eigenvalue weighted by atomic mass is 10.2. The Morgan fingerprint density at radius 1 is 1.35 bits per heavy atom. The fourth-order valence-corrected chi connectivity index (χ4v) is 3.35. The highest BCUT2D eigenvalue weighted by atomic mass is 32.2. The number of hydrogen-bond acceptors (Lipinski definition) is 6. The zero-order valence-corrected chi connectivity index (χ0v) is 13.3. The van der Waals surface area contributed by atoms with Gasteiger partial charge in [0.05, 0.1) is 13.2 Å². The standard InChI is InChI=1S/C15H18N4O3S/c16-15-18-14(21)12(23-15)9-13(20)17-10-1-3-11(4-2-10)19-5-7-22-8-6-19/h1-4,12H,5-9H2,(H,17,20)(H2,16,18,21). The number of rotatable bonds is 4. The summed E-state index contributed by atoms with van der Waals surface area (Å²) in [5.74, 6) is -0.510. The number of ether oxygens (including phenoxy) is 1. The highest BCUT2D eigenvalue weighted by molar-refractivity contribution is 8.15. The largest absolute Gasteiger partial charge is 0.378 e. The van der Waals surface area contributed by atoms with Crippen LogP contribution in [0.25, 0.3) is 0 Å². The minimum atomic E-state index is -0.518. The zero-order valence-electron chi connectivity index (χ0n) is 12.5. The summed E-state index contributed by atoms with van der Waals surface area (Å²) >= 11 is 1.08. The molecule has 1 aromatic carbocycles. The highest BCUT2D eigenvalue weighted by Gasteiger charge is 2.31. The van der Waals surface area contributed by atoms with E-state index < -0.39 is 5.25 Å². The summed E-state index contributed by atoms with van der Waals surface area (Å²) in [5, 5.41) is 12.1. The number of amides is 2. The first-order valence-corrected chi connectivity index (χ1v) is 8.28. The van der Waals surface area contributed by atoms with E-state index in [0.29, 0.717) is 5.69 Å². The van der Waals surface area contributed by atoms with Crippen LogP contribution in [0, 0.1) is 5.41 Å². The van der Waals surface area contributed by atoms with Crippen LogP contribution in [0.3, 0.4) is 0 Å². The maximum absolute atomic E-state index is 12.0. The topological polar surface area (TPSA) is 94.5 Å². The fourth-order valence-electron chi connectivity index (χ4n) is 2.51. The minimum Gasteiger partial charge on any atom is -0.378 e. The summed E-state index contributed by atoms with van der Waals surface area (Å²) in [6.07, 6.45) is 0.0596. The van der Waals surface area contributed by atoms with Gasteiger partial charge in [0.1, 0.15) is 5.25 Å². The molecule has 2 heterocycles. The number of amidine groups is 1. The van der Waals surface area contributed by atoms with Crippen LogP contribution in [0.15, 0.2) is 24.3 Å². The molecule has 0 saturated carbocycles. The highest BCUT2D eigenvalue weighted by Crippen LogP contribution is 2.23. The molecule has 2 aliphatic rings. The van der Waals surface area contributed by atoms with E-state index in [9.17, 15) is 9.59 Å². The van der Waals surface area contributed by atoms with Gasteiger partial charge in [0.2, 0.25) is 11.8 Å². The second kappa shape index (κ2) is 7.01. The average Bonchev–Trinajstić information content (AvgIpc) is 2.86. The van der Waals surface area contributed by atoms with Gasteiger partial charge in [-0.2, -0.15) is 0 Å². The molecule has 0 bridgehead atoms. The van der Waals surface area contributed by atoms with Crippen molar-refractivity contribution < 1.29 is 14.3 Å². The number of carbonyl (C=O) groups excluding carboxylic acids is 2. The molecule has 2 fully saturated rings. The van der Waals surface area contributed by atoms with Crippen LogP contribution in [-0.4, -0.2) is 48.5 Å². The lowest BCUT2D eigenvalue weighted by Gasteiger charge is -2.28. The zero-order chi connectivity index (χ0) is 16.2. The summed E-state index contributed by atoms with van der Waals surface area (Å²) in [7, 11) is 0. The number of carbonyl (C=O) groups is 2. The second-order valence-corrected chi connectivity index (χ2v) is 6.54. The van der Waals surface area contributed by atoms with Crippen molar-refractivity contribution in [2.75, 3.05) is 36.5 Å². The van der Waals surface area contributed by atoms with E-state index in [2.05, 4.69) is 15.5 Å². The van der Waals surface area contributed by atoms with E-state index in [1.54, 1.807) is 0 Å². The van der Waals surface area contributed by atoms with Crippen molar-refractivity contribution in [2.45, 2.75) is 11.7 Å². The van der Waals surface area contributed by atoms with Gasteiger partial charge >= 0.3 is 0 Å². The van der Waals surface area contributed by atoms with E-state index in [1.165, 1.54) is 0 Å². The first-order valence-electron chi connectivity index (χ1n) is 7.40. The molecule has 3 N–H and O–H groups in total. The van der Waals surface area contributed by atoms with Gasteiger partial charge in [-0.05, 0) is 24.3 Å². The Balaban J connectivity index is 1.54. The third-order valence-corrected chi connectivity index (χ3v) is 4.69. The smallest absolute Gasteiger partial charge is 0.240 e. The quantitative estimate of drug-likeness (QED) is 0.764. The van der Waals surface area contributed by atoms with E-state index in [4.69, 9.17) is 10.1 Å². The SMILES string of the molecule is N=C1NC(=O)C(CC(=O)Nc2ccc(N3CCOCC3)cc2)S1. The Bertz CT molecular complexity index is 614. The Kier molecular flexibility index (Phi) is 4.82. The molecule has 122 valence electrons. The number of thioether (sulfide) groups is 1. The molecule has 1 atom stereocenters. The lowest BCUT2D eigenvalue weighted by molar-refractivity contribution is -0.122. The summed E-state index contributed by atoms with van der Waals surface area (Å²) in [5.41, 5.74) is 1.80. The van der Waals surface area contributed by atoms with Crippen molar-refractivity contribution in [2.24, 2.45) is 0 Å². The van der Waals surface area contributed by atoms with Gasteiger partial charge in [0.25, 0.3) is 0 Å². The van der Waals surface area contributed by atoms with Crippen molar-refractivity contribution in [3.63, 3.8) is 0 Å². The second-order valence-electron chi connectivity index (χ2n) is 5.32. The van der Waals surface area contributed by atoms with Gasteiger partial charge in [-0.25, -0.2) is 0 Å². The Morgan fingerprint density at radius 3 is 2.65 bits per heavy atom. The predicted molar refractivity (Wildman–Crippen MR) is 90.0 cm³/mol. The Morgan fingerprint density at radius 2 is 2.04 bits per heavy atom. The third-order valence-electron chi connectivity index (χ3n) is 3.69. The van der Waals surface area contributed by atoms with Crippen LogP contribution in [0.4, 0.5) is 11.4 Å². The maximum Gasteiger partial charge on any atom is 0.240 e. The summed E-state index contributed by atoms with van der Waals surface area (Å²) in [4.78, 5) is 25.8. The van der Waals surface area contributed by atoms with Crippen LogP contribution < -0.4 is 15.5 Å². The predicted octanol–water partition coefficient (Wildman–Crippen LogP) is 1.02. The van der Waals surface area contributed by atoms with Crippen molar-refractivity contribution in [1.82, 2.24) is 5.32 Å². The van der Waals surface area contributed by atoms with Crippen molar-refractivity contribution in [3.8, 4) is 0 Å². The van der Waals surface area contributed by atoms with Crippen molar-refractivity contribution >= 4 is 40.1 Å². The molecule has 1 unspecified atom stereocenters. The van der Waals surface area contributed by atoms with E-state index in [1.807, 2.05) is 24.3 Å². The first-order chi connectivity index (χ1) is 11.1. The van der Waals surface area contributed by atoms with Gasteiger partial charge in [-0.3, -0.25) is 15.0 Å². The number of anilines is 2. The number of benzene rings is 1. The van der Waals surface area contributed by atoms with E-state index in [0.717, 1.165) is 43.8 Å². The minimum absolute atomic E-state index is 0.0596. The van der Waals surface area contributed by atoms with E-state index >= 15 is 0 Å². The molecule has 7 nitrogen and oxygen atoms in total. The van der Waals surface area contributed by atoms with Gasteiger partial charge in [-0.1, -0.05) is 11.8 Å². The fraction of sp³-hybridized carbons (Fsp3) is 0.400. The van der Waals surface area contributed by atoms with Gasteiger partial charge < -0.3 is 20.3 Å². The molecule has 2 amide bonds. The molecule has 0 aliphatic carbocycles. The van der Waals surface area contributed by atoms with E-state index in [-0.39, 0.29) is 23.4 Å². The van der Waals surface area contributed by atoms with Gasteiger partial charge in [0, 0.05) is 30.9 Å². The first kappa shape index (κ1) is 15.8. The van der Waals surface area contributed by atoms with Crippen LogP contribution in [0.2, 0.25) is 0 Å². The average molecular weight is 334 g/mol. The third kappa shape index (κ3) is 4.02. The van der Waals surface area contributed by atoms with Gasteiger partial charge in [0.15, 0.2) is 5.17 Å². The normalized spacial score (nSPS) is 21.2. The molecule has 0 radical (unpaired) electrons. The van der Waals surface area contributed by atoms with Gasteiger partial charge in [-0.15, -0.1) is 0 Å². The van der Waals surface area contributed by atoms with Crippen LogP contribution in [0.1, 0.15) is 6.42 Å². The Hall–Kier alpha value is -2.06. The lowest BCUT2D eigenvalue weighted by Crippen LogP contribution is -2.36. The molecule has 8 heteroatoms. The molecule has 1 aromatic rings. The summed E-state index contributed by atoms with van der Waals surface area (Å²) in [6, 6.07) is 7.64. The van der Waals surface area contributed by atoms with Crippen LogP contribution in [0.5, 0.6) is 0 Å². The monoisotopic (exact) mass is 334 g/mol. The van der Waals surface area contributed by atoms with Crippen molar-refractivity contribution in [3.05, 3.63) is 24.3 Å². The number of nitrogens with one attached hydrogen (secondary N) is 3. The molecule has 2 aliphatic heterocycles. The van der Waals surface area contributed by atoms with Crippen LogP contribution in [-0.2, 0) is 14.3 Å². The molecular weight excluding hydrogens is 316 g/mol. The number of morpholine rings is 1. The molecule has 0 aromatic heterocycles. The Labute approximate surface area is 138 Å². The molecule has 3 rings (SSSR count). The molecular formula is C15H18N4O3S. The molecule has 0 spiro atoms. The molecule has 23 heavy (non-hydrogen) atoms. The summed E-state index contributed by atoms with van der Waals surface area (Å²) < 4.78 is 5.33. The molecule has 2 saturated heterocycles. The van der Waals surface area contributed by atoms with Crippen LogP contribution >= 0.6 is 11.8 Å². The maximum atomic E-state index is 12.0.